The van der Waals surface area contributed by atoms with Crippen molar-refractivity contribution < 1.29 is 19.0 Å². The molecule has 0 aromatic heterocycles. The van der Waals surface area contributed by atoms with Crippen molar-refractivity contribution in [3.8, 4) is 0 Å². The number of ether oxygens (including phenoxy) is 3. The molecule has 0 aromatic rings. The Labute approximate surface area is 117 Å². The maximum atomic E-state index is 11.5. The van der Waals surface area contributed by atoms with Crippen molar-refractivity contribution in [3.05, 3.63) is 11.8 Å². The fraction of sp³-hybridized carbons (Fsp3) is 0.800. The standard InChI is InChI=1S/C15H28O4/c1-12(2)11-18-14(16)7-9-15(4,5)19-10-8-13(3)17-6/h8,12H,7,9-11H2,1-6H3/b13-8+. The Morgan fingerprint density at radius 1 is 1.32 bits per heavy atom. The van der Waals surface area contributed by atoms with E-state index in [0.717, 1.165) is 5.76 Å². The maximum absolute atomic E-state index is 11.5. The molecule has 0 aliphatic carbocycles. The van der Waals surface area contributed by atoms with Crippen molar-refractivity contribution in [2.75, 3.05) is 20.3 Å². The van der Waals surface area contributed by atoms with Crippen LogP contribution in [0.1, 0.15) is 47.5 Å². The summed E-state index contributed by atoms with van der Waals surface area (Å²) in [7, 11) is 1.63. The van der Waals surface area contributed by atoms with E-state index >= 15 is 0 Å². The van der Waals surface area contributed by atoms with Crippen LogP contribution in [0.2, 0.25) is 0 Å². The van der Waals surface area contributed by atoms with Gasteiger partial charge >= 0.3 is 5.97 Å². The smallest absolute Gasteiger partial charge is 0.305 e. The second kappa shape index (κ2) is 8.97. The van der Waals surface area contributed by atoms with Crippen LogP contribution < -0.4 is 0 Å². The minimum Gasteiger partial charge on any atom is -0.502 e. The summed E-state index contributed by atoms with van der Waals surface area (Å²) >= 11 is 0. The summed E-state index contributed by atoms with van der Waals surface area (Å²) in [5.74, 6) is 1.04. The maximum Gasteiger partial charge on any atom is 0.305 e. The molecule has 19 heavy (non-hydrogen) atoms. The molecule has 0 N–H and O–H groups in total. The molecule has 0 aliphatic heterocycles. The Balaban J connectivity index is 3.92. The summed E-state index contributed by atoms with van der Waals surface area (Å²) in [6, 6.07) is 0. The number of allylic oxidation sites excluding steroid dienone is 1. The number of rotatable bonds is 9. The largest absolute Gasteiger partial charge is 0.502 e. The predicted molar refractivity (Wildman–Crippen MR) is 75.8 cm³/mol. The van der Waals surface area contributed by atoms with Crippen LogP contribution in [0.5, 0.6) is 0 Å². The van der Waals surface area contributed by atoms with Gasteiger partial charge in [0.2, 0.25) is 0 Å². The summed E-state index contributed by atoms with van der Waals surface area (Å²) in [5.41, 5.74) is -0.346. The first-order valence-electron chi connectivity index (χ1n) is 6.77. The van der Waals surface area contributed by atoms with Crippen molar-refractivity contribution in [2.45, 2.75) is 53.1 Å². The van der Waals surface area contributed by atoms with Crippen LogP contribution in [0.25, 0.3) is 0 Å². The molecule has 0 rings (SSSR count). The topological polar surface area (TPSA) is 44.8 Å². The van der Waals surface area contributed by atoms with E-state index in [1.54, 1.807) is 7.11 Å². The molecular weight excluding hydrogens is 244 g/mol. The average Bonchev–Trinajstić information content (AvgIpc) is 2.33. The molecule has 4 nitrogen and oxygen atoms in total. The zero-order valence-corrected chi connectivity index (χ0v) is 13.1. The summed E-state index contributed by atoms with van der Waals surface area (Å²) in [5, 5.41) is 0. The Morgan fingerprint density at radius 2 is 1.95 bits per heavy atom. The monoisotopic (exact) mass is 272 g/mol. The van der Waals surface area contributed by atoms with Crippen molar-refractivity contribution in [1.29, 1.82) is 0 Å². The summed E-state index contributed by atoms with van der Waals surface area (Å²) in [4.78, 5) is 11.5. The Bertz CT molecular complexity index is 293. The molecule has 0 heterocycles. The van der Waals surface area contributed by atoms with Gasteiger partial charge in [0.1, 0.15) is 0 Å². The van der Waals surface area contributed by atoms with Gasteiger partial charge in [-0.2, -0.15) is 0 Å². The number of carbonyl (C=O) groups excluding carboxylic acids is 1. The van der Waals surface area contributed by atoms with E-state index in [0.29, 0.717) is 32.0 Å². The van der Waals surface area contributed by atoms with E-state index < -0.39 is 0 Å². The predicted octanol–water partition coefficient (Wildman–Crippen LogP) is 3.31. The zero-order valence-electron chi connectivity index (χ0n) is 13.1. The molecule has 0 spiro atoms. The molecule has 0 radical (unpaired) electrons. The number of methoxy groups -OCH3 is 1. The molecule has 0 fully saturated rings. The van der Waals surface area contributed by atoms with E-state index in [1.165, 1.54) is 0 Å². The molecule has 0 unspecified atom stereocenters. The van der Waals surface area contributed by atoms with Crippen LogP contribution in [0.3, 0.4) is 0 Å². The van der Waals surface area contributed by atoms with Gasteiger partial charge in [0, 0.05) is 6.42 Å². The highest BCUT2D eigenvalue weighted by Crippen LogP contribution is 2.17. The Hall–Kier alpha value is -1.03. The second-order valence-corrected chi connectivity index (χ2v) is 5.67. The average molecular weight is 272 g/mol. The highest BCUT2D eigenvalue weighted by atomic mass is 16.5. The number of esters is 1. The van der Waals surface area contributed by atoms with Crippen molar-refractivity contribution in [1.82, 2.24) is 0 Å². The normalized spacial score (nSPS) is 12.7. The molecular formula is C15H28O4. The SMILES string of the molecule is CO/C(C)=C/COC(C)(C)CCC(=O)OCC(C)C. The number of hydrogen-bond acceptors (Lipinski definition) is 4. The van der Waals surface area contributed by atoms with Gasteiger partial charge in [-0.25, -0.2) is 0 Å². The lowest BCUT2D eigenvalue weighted by atomic mass is 10.0. The van der Waals surface area contributed by atoms with Gasteiger partial charge in [-0.05, 0) is 39.2 Å². The van der Waals surface area contributed by atoms with E-state index in [-0.39, 0.29) is 11.6 Å². The first-order chi connectivity index (χ1) is 8.76. The van der Waals surface area contributed by atoms with Crippen molar-refractivity contribution in [3.63, 3.8) is 0 Å². The van der Waals surface area contributed by atoms with E-state index in [4.69, 9.17) is 14.2 Å². The van der Waals surface area contributed by atoms with Crippen LogP contribution in [-0.2, 0) is 19.0 Å². The van der Waals surface area contributed by atoms with Gasteiger partial charge in [0.15, 0.2) is 0 Å². The third kappa shape index (κ3) is 10.6. The van der Waals surface area contributed by atoms with Gasteiger partial charge in [-0.3, -0.25) is 4.79 Å². The van der Waals surface area contributed by atoms with Gasteiger partial charge in [-0.15, -0.1) is 0 Å². The molecule has 0 aliphatic rings. The first kappa shape index (κ1) is 18.0. The second-order valence-electron chi connectivity index (χ2n) is 5.67. The van der Waals surface area contributed by atoms with Crippen LogP contribution in [-0.4, -0.2) is 31.9 Å². The highest BCUT2D eigenvalue weighted by molar-refractivity contribution is 5.69. The van der Waals surface area contributed by atoms with Crippen molar-refractivity contribution in [2.24, 2.45) is 5.92 Å². The minimum atomic E-state index is -0.346. The third-order valence-corrected chi connectivity index (χ3v) is 2.68. The molecule has 0 amide bonds. The molecule has 112 valence electrons. The first-order valence-corrected chi connectivity index (χ1v) is 6.77. The molecule has 0 atom stereocenters. The van der Waals surface area contributed by atoms with Crippen LogP contribution in [0.15, 0.2) is 11.8 Å². The van der Waals surface area contributed by atoms with Crippen molar-refractivity contribution >= 4 is 5.97 Å². The van der Waals surface area contributed by atoms with Crippen LogP contribution >= 0.6 is 0 Å². The lowest BCUT2D eigenvalue weighted by molar-refractivity contribution is -0.146. The molecule has 4 heteroatoms. The fourth-order valence-electron chi connectivity index (χ4n) is 1.27. The highest BCUT2D eigenvalue weighted by Gasteiger charge is 2.20. The lowest BCUT2D eigenvalue weighted by Gasteiger charge is -2.24. The summed E-state index contributed by atoms with van der Waals surface area (Å²) < 4.78 is 15.9. The van der Waals surface area contributed by atoms with Crippen LogP contribution in [0, 0.1) is 5.92 Å². The summed E-state index contributed by atoms with van der Waals surface area (Å²) in [6.45, 7) is 10.8. The fourth-order valence-corrected chi connectivity index (χ4v) is 1.27. The molecule has 0 saturated carbocycles. The van der Waals surface area contributed by atoms with Gasteiger partial charge < -0.3 is 14.2 Å². The molecule has 0 bridgehead atoms. The van der Waals surface area contributed by atoms with Gasteiger partial charge in [0.25, 0.3) is 0 Å². The Kier molecular flexibility index (Phi) is 8.48. The number of hydrogen-bond donors (Lipinski definition) is 0. The molecule has 0 aromatic carbocycles. The molecule has 0 saturated heterocycles. The van der Waals surface area contributed by atoms with E-state index in [9.17, 15) is 4.79 Å². The quantitative estimate of drug-likeness (QED) is 0.477. The summed E-state index contributed by atoms with van der Waals surface area (Å²) in [6.07, 6.45) is 2.90. The van der Waals surface area contributed by atoms with Crippen LogP contribution in [0.4, 0.5) is 0 Å². The van der Waals surface area contributed by atoms with E-state index in [1.807, 2.05) is 40.7 Å². The minimum absolute atomic E-state index is 0.158. The van der Waals surface area contributed by atoms with Gasteiger partial charge in [0.05, 0.1) is 31.7 Å². The number of carbonyl (C=O) groups is 1. The van der Waals surface area contributed by atoms with E-state index in [2.05, 4.69) is 0 Å². The Morgan fingerprint density at radius 3 is 2.47 bits per heavy atom. The lowest BCUT2D eigenvalue weighted by Crippen LogP contribution is -2.26. The zero-order chi connectivity index (χ0) is 14.9. The third-order valence-electron chi connectivity index (χ3n) is 2.68. The van der Waals surface area contributed by atoms with Gasteiger partial charge in [-0.1, -0.05) is 13.8 Å².